The van der Waals surface area contributed by atoms with Crippen LogP contribution >= 0.6 is 0 Å². The minimum absolute atomic E-state index is 0.0272. The predicted octanol–water partition coefficient (Wildman–Crippen LogP) is 3.19. The smallest absolute Gasteiger partial charge is 0.276 e. The number of nitrogens with zero attached hydrogens (tertiary/aromatic N) is 1. The molecule has 0 saturated carbocycles. The standard InChI is InChI=1S/C14H13NO4/c1-10-6-12(16)8-13(7-10)19-9-11-4-2-3-5-14(11)15(17)18/h2-8,16H,9H2,1H3. The van der Waals surface area contributed by atoms with Crippen LogP contribution in [0.15, 0.2) is 42.5 Å². The molecule has 0 fully saturated rings. The van der Waals surface area contributed by atoms with Gasteiger partial charge in [-0.2, -0.15) is 0 Å². The van der Waals surface area contributed by atoms with Gasteiger partial charge < -0.3 is 9.84 Å². The summed E-state index contributed by atoms with van der Waals surface area (Å²) in [6.07, 6.45) is 0. The van der Waals surface area contributed by atoms with Gasteiger partial charge in [0.2, 0.25) is 0 Å². The Morgan fingerprint density at radius 1 is 1.26 bits per heavy atom. The van der Waals surface area contributed by atoms with Crippen LogP contribution in [0.25, 0.3) is 0 Å². The van der Waals surface area contributed by atoms with Gasteiger partial charge in [0.25, 0.3) is 5.69 Å². The quantitative estimate of drug-likeness (QED) is 0.676. The maximum atomic E-state index is 10.9. The molecular weight excluding hydrogens is 246 g/mol. The Balaban J connectivity index is 2.16. The Labute approximate surface area is 110 Å². The Morgan fingerprint density at radius 2 is 2.00 bits per heavy atom. The molecule has 1 N–H and O–H groups in total. The Kier molecular flexibility index (Phi) is 3.66. The zero-order valence-electron chi connectivity index (χ0n) is 10.4. The highest BCUT2D eigenvalue weighted by atomic mass is 16.6. The summed E-state index contributed by atoms with van der Waals surface area (Å²) in [6, 6.07) is 11.3. The minimum atomic E-state index is -0.438. The number of para-hydroxylation sites is 1. The van der Waals surface area contributed by atoms with E-state index in [1.807, 2.05) is 6.92 Å². The van der Waals surface area contributed by atoms with Gasteiger partial charge in [-0.15, -0.1) is 0 Å². The summed E-state index contributed by atoms with van der Waals surface area (Å²) in [5.41, 5.74) is 1.38. The molecule has 5 nitrogen and oxygen atoms in total. The molecule has 2 aromatic rings. The first-order valence-electron chi connectivity index (χ1n) is 5.72. The Bertz CT molecular complexity index is 590. The van der Waals surface area contributed by atoms with Crippen molar-refractivity contribution < 1.29 is 14.8 Å². The number of phenolic OH excluding ortho intramolecular Hbond substituents is 1. The summed E-state index contributed by atoms with van der Waals surface area (Å²) in [6.45, 7) is 1.91. The lowest BCUT2D eigenvalue weighted by molar-refractivity contribution is -0.385. The molecule has 5 heteroatoms. The lowest BCUT2D eigenvalue weighted by atomic mass is 10.2. The van der Waals surface area contributed by atoms with Crippen molar-refractivity contribution >= 4 is 5.69 Å². The molecule has 2 rings (SSSR count). The molecule has 0 bridgehead atoms. The third-order valence-corrected chi connectivity index (χ3v) is 2.62. The molecule has 0 heterocycles. The number of rotatable bonds is 4. The van der Waals surface area contributed by atoms with Crippen molar-refractivity contribution in [2.24, 2.45) is 0 Å². The van der Waals surface area contributed by atoms with Crippen molar-refractivity contribution in [3.05, 3.63) is 63.7 Å². The van der Waals surface area contributed by atoms with Gasteiger partial charge in [0.05, 0.1) is 10.5 Å². The van der Waals surface area contributed by atoms with Crippen molar-refractivity contribution in [3.63, 3.8) is 0 Å². The number of aryl methyl sites for hydroxylation is 1. The highest BCUT2D eigenvalue weighted by molar-refractivity contribution is 5.40. The molecule has 0 spiro atoms. The van der Waals surface area contributed by atoms with Gasteiger partial charge in [-0.25, -0.2) is 0 Å². The van der Waals surface area contributed by atoms with Crippen LogP contribution in [0.1, 0.15) is 11.1 Å². The van der Waals surface area contributed by atoms with Crippen LogP contribution < -0.4 is 4.74 Å². The first-order chi connectivity index (χ1) is 9.06. The van der Waals surface area contributed by atoms with Gasteiger partial charge in [0.15, 0.2) is 0 Å². The van der Waals surface area contributed by atoms with Crippen molar-refractivity contribution in [1.29, 1.82) is 0 Å². The summed E-state index contributed by atoms with van der Waals surface area (Å²) in [7, 11) is 0. The van der Waals surface area contributed by atoms with Crippen LogP contribution in [0.4, 0.5) is 5.69 Å². The summed E-state index contributed by atoms with van der Waals surface area (Å²) in [5, 5.41) is 20.3. The number of nitro groups is 1. The number of hydrogen-bond acceptors (Lipinski definition) is 4. The lowest BCUT2D eigenvalue weighted by Crippen LogP contribution is -2.00. The molecule has 0 radical (unpaired) electrons. The van der Waals surface area contributed by atoms with Crippen molar-refractivity contribution in [2.45, 2.75) is 13.5 Å². The number of nitro benzene ring substituents is 1. The monoisotopic (exact) mass is 259 g/mol. The van der Waals surface area contributed by atoms with Gasteiger partial charge in [-0.1, -0.05) is 12.1 Å². The number of benzene rings is 2. The van der Waals surface area contributed by atoms with E-state index in [1.165, 1.54) is 12.1 Å². The average Bonchev–Trinajstić information content (AvgIpc) is 2.35. The van der Waals surface area contributed by atoms with E-state index in [4.69, 9.17) is 4.74 Å². The lowest BCUT2D eigenvalue weighted by Gasteiger charge is -2.08. The van der Waals surface area contributed by atoms with E-state index in [-0.39, 0.29) is 18.0 Å². The fraction of sp³-hybridized carbons (Fsp3) is 0.143. The Hall–Kier alpha value is -2.56. The Morgan fingerprint density at radius 3 is 2.68 bits per heavy atom. The molecule has 0 saturated heterocycles. The first-order valence-corrected chi connectivity index (χ1v) is 5.72. The van der Waals surface area contributed by atoms with Crippen LogP contribution in [-0.2, 0) is 6.61 Å². The second-order valence-electron chi connectivity index (χ2n) is 4.18. The number of aromatic hydroxyl groups is 1. The number of phenols is 1. The summed E-state index contributed by atoms with van der Waals surface area (Å²) < 4.78 is 5.48. The molecule has 0 unspecified atom stereocenters. The predicted molar refractivity (Wildman–Crippen MR) is 70.3 cm³/mol. The van der Waals surface area contributed by atoms with Gasteiger partial charge in [-0.3, -0.25) is 10.1 Å². The van der Waals surface area contributed by atoms with E-state index < -0.39 is 4.92 Å². The zero-order valence-corrected chi connectivity index (χ0v) is 10.4. The topological polar surface area (TPSA) is 72.6 Å². The summed E-state index contributed by atoms with van der Waals surface area (Å²) in [5.74, 6) is 0.591. The van der Waals surface area contributed by atoms with E-state index in [0.717, 1.165) is 5.56 Å². The first kappa shape index (κ1) is 12.9. The molecule has 0 aliphatic rings. The van der Waals surface area contributed by atoms with Crippen molar-refractivity contribution in [3.8, 4) is 11.5 Å². The average molecular weight is 259 g/mol. The molecule has 98 valence electrons. The van der Waals surface area contributed by atoms with Crippen LogP contribution in [-0.4, -0.2) is 10.0 Å². The molecule has 19 heavy (non-hydrogen) atoms. The van der Waals surface area contributed by atoms with E-state index in [1.54, 1.807) is 30.3 Å². The number of ether oxygens (including phenoxy) is 1. The molecular formula is C14H13NO4. The maximum Gasteiger partial charge on any atom is 0.276 e. The largest absolute Gasteiger partial charge is 0.508 e. The SMILES string of the molecule is Cc1cc(O)cc(OCc2ccccc2[N+](=O)[O-])c1. The highest BCUT2D eigenvalue weighted by Crippen LogP contribution is 2.24. The highest BCUT2D eigenvalue weighted by Gasteiger charge is 2.12. The zero-order chi connectivity index (χ0) is 13.8. The molecule has 0 aliphatic carbocycles. The van der Waals surface area contributed by atoms with Crippen LogP contribution in [0.5, 0.6) is 11.5 Å². The summed E-state index contributed by atoms with van der Waals surface area (Å²) in [4.78, 5) is 10.4. The maximum absolute atomic E-state index is 10.9. The number of hydrogen-bond donors (Lipinski definition) is 1. The fourth-order valence-electron chi connectivity index (χ4n) is 1.78. The fourth-order valence-corrected chi connectivity index (χ4v) is 1.78. The molecule has 0 amide bonds. The molecule has 2 aromatic carbocycles. The third kappa shape index (κ3) is 3.22. The van der Waals surface area contributed by atoms with Crippen LogP contribution in [0, 0.1) is 17.0 Å². The van der Waals surface area contributed by atoms with Crippen molar-refractivity contribution in [2.75, 3.05) is 0 Å². The van der Waals surface area contributed by atoms with E-state index in [9.17, 15) is 15.2 Å². The van der Waals surface area contributed by atoms with Gasteiger partial charge >= 0.3 is 0 Å². The van der Waals surface area contributed by atoms with Gasteiger partial charge in [0.1, 0.15) is 18.1 Å². The molecule has 0 aromatic heterocycles. The molecule has 0 atom stereocenters. The normalized spacial score (nSPS) is 10.2. The molecule has 0 aliphatic heterocycles. The van der Waals surface area contributed by atoms with E-state index >= 15 is 0 Å². The van der Waals surface area contributed by atoms with Gasteiger partial charge in [-0.05, 0) is 30.7 Å². The summed E-state index contributed by atoms with van der Waals surface area (Å²) >= 11 is 0. The second kappa shape index (κ2) is 5.39. The minimum Gasteiger partial charge on any atom is -0.508 e. The van der Waals surface area contributed by atoms with E-state index in [2.05, 4.69) is 0 Å². The van der Waals surface area contributed by atoms with Crippen LogP contribution in [0.2, 0.25) is 0 Å². The second-order valence-corrected chi connectivity index (χ2v) is 4.18. The van der Waals surface area contributed by atoms with E-state index in [0.29, 0.717) is 11.3 Å². The van der Waals surface area contributed by atoms with Crippen molar-refractivity contribution in [1.82, 2.24) is 0 Å². The van der Waals surface area contributed by atoms with Gasteiger partial charge in [0, 0.05) is 12.1 Å². The van der Waals surface area contributed by atoms with Crippen LogP contribution in [0.3, 0.4) is 0 Å². The third-order valence-electron chi connectivity index (χ3n) is 2.62.